The number of nitrogens with two attached hydrogens (primary N) is 1. The first kappa shape index (κ1) is 16.5. The molecule has 0 spiro atoms. The van der Waals surface area contributed by atoms with E-state index in [-0.39, 0.29) is 11.9 Å². The Morgan fingerprint density at radius 2 is 1.65 bits per heavy atom. The number of anilines is 1. The number of carbonyl (C=O) groups excluding carboxylic acids is 2. The molecule has 4 N–H and O–H groups in total. The molecule has 2 aromatic carbocycles. The van der Waals surface area contributed by atoms with Crippen LogP contribution in [0.3, 0.4) is 0 Å². The molecule has 1 atom stereocenters. The Kier molecular flexibility index (Phi) is 5.01. The van der Waals surface area contributed by atoms with Crippen LogP contribution in [0.4, 0.5) is 10.5 Å². The Bertz CT molecular complexity index is 724. The van der Waals surface area contributed by atoms with E-state index in [0.29, 0.717) is 11.3 Å². The number of hydrogen-bond donors (Lipinski definition) is 3. The second kappa shape index (κ2) is 6.96. The number of primary amides is 1. The van der Waals surface area contributed by atoms with Crippen molar-refractivity contribution < 1.29 is 9.59 Å². The van der Waals surface area contributed by atoms with E-state index in [1.54, 1.807) is 12.1 Å². The summed E-state index contributed by atoms with van der Waals surface area (Å²) in [5, 5.41) is 5.47. The largest absolute Gasteiger partial charge is 0.351 e. The molecule has 0 aliphatic heterocycles. The Hall–Kier alpha value is -2.82. The minimum Gasteiger partial charge on any atom is -0.351 e. The first-order chi connectivity index (χ1) is 10.9. The highest BCUT2D eigenvalue weighted by atomic mass is 16.2. The molecule has 23 heavy (non-hydrogen) atoms. The predicted octanol–water partition coefficient (Wildman–Crippen LogP) is 3.29. The van der Waals surface area contributed by atoms with Gasteiger partial charge in [-0.05, 0) is 61.7 Å². The van der Waals surface area contributed by atoms with Crippen LogP contribution in [0.15, 0.2) is 42.5 Å². The number of urea groups is 1. The lowest BCUT2D eigenvalue weighted by Gasteiger charge is -2.15. The summed E-state index contributed by atoms with van der Waals surface area (Å²) in [7, 11) is 0. The van der Waals surface area contributed by atoms with Crippen molar-refractivity contribution in [1.82, 2.24) is 5.32 Å². The maximum Gasteiger partial charge on any atom is 0.316 e. The Morgan fingerprint density at radius 3 is 2.22 bits per heavy atom. The summed E-state index contributed by atoms with van der Waals surface area (Å²) in [6, 6.07) is 12.1. The third kappa shape index (κ3) is 4.32. The standard InChI is InChI=1S/C18H21N3O2/c1-11-4-5-15(10-12(11)2)17(22)20-13(3)14-6-8-16(9-7-14)21-18(19)23/h4-10,13H,1-3H3,(H,20,22)(H3,19,21,23). The lowest BCUT2D eigenvalue weighted by molar-refractivity contribution is 0.0940. The fraction of sp³-hybridized carbons (Fsp3) is 0.222. The molecule has 0 fully saturated rings. The van der Waals surface area contributed by atoms with Gasteiger partial charge < -0.3 is 16.4 Å². The predicted molar refractivity (Wildman–Crippen MR) is 91.4 cm³/mol. The normalized spacial score (nSPS) is 11.6. The molecule has 120 valence electrons. The minimum absolute atomic E-state index is 0.111. The highest BCUT2D eigenvalue weighted by molar-refractivity contribution is 5.94. The molecule has 0 radical (unpaired) electrons. The molecular weight excluding hydrogens is 290 g/mol. The topological polar surface area (TPSA) is 84.2 Å². The fourth-order valence-electron chi connectivity index (χ4n) is 2.24. The van der Waals surface area contributed by atoms with Gasteiger partial charge in [0, 0.05) is 11.3 Å². The zero-order valence-corrected chi connectivity index (χ0v) is 13.5. The zero-order valence-electron chi connectivity index (χ0n) is 13.5. The molecule has 2 aromatic rings. The van der Waals surface area contributed by atoms with Crippen LogP contribution >= 0.6 is 0 Å². The van der Waals surface area contributed by atoms with Crippen LogP contribution in [0.25, 0.3) is 0 Å². The third-order valence-electron chi connectivity index (χ3n) is 3.79. The molecule has 0 aliphatic rings. The van der Waals surface area contributed by atoms with Crippen molar-refractivity contribution in [2.24, 2.45) is 5.73 Å². The summed E-state index contributed by atoms with van der Waals surface area (Å²) in [6.07, 6.45) is 0. The molecule has 0 aromatic heterocycles. The smallest absolute Gasteiger partial charge is 0.316 e. The SMILES string of the molecule is Cc1ccc(C(=O)NC(C)c2ccc(NC(N)=O)cc2)cc1C. The number of rotatable bonds is 4. The minimum atomic E-state index is -0.603. The van der Waals surface area contributed by atoms with E-state index in [0.717, 1.165) is 16.7 Å². The van der Waals surface area contributed by atoms with E-state index in [9.17, 15) is 9.59 Å². The summed E-state index contributed by atoms with van der Waals surface area (Å²) in [4.78, 5) is 23.1. The van der Waals surface area contributed by atoms with Gasteiger partial charge in [-0.3, -0.25) is 4.79 Å². The quantitative estimate of drug-likeness (QED) is 0.809. The summed E-state index contributed by atoms with van der Waals surface area (Å²) < 4.78 is 0. The second-order valence-corrected chi connectivity index (χ2v) is 5.61. The molecule has 5 nitrogen and oxygen atoms in total. The summed E-state index contributed by atoms with van der Waals surface area (Å²) in [6.45, 7) is 5.91. The Morgan fingerprint density at radius 1 is 1.00 bits per heavy atom. The van der Waals surface area contributed by atoms with Gasteiger partial charge in [-0.1, -0.05) is 18.2 Å². The summed E-state index contributed by atoms with van der Waals surface area (Å²) in [5.74, 6) is -0.111. The first-order valence-corrected chi connectivity index (χ1v) is 7.41. The molecule has 3 amide bonds. The van der Waals surface area contributed by atoms with Crippen molar-refractivity contribution in [2.75, 3.05) is 5.32 Å². The molecule has 0 saturated carbocycles. The van der Waals surface area contributed by atoms with Crippen LogP contribution < -0.4 is 16.4 Å². The zero-order chi connectivity index (χ0) is 17.0. The Balaban J connectivity index is 2.05. The molecule has 0 heterocycles. The number of hydrogen-bond acceptors (Lipinski definition) is 2. The van der Waals surface area contributed by atoms with E-state index in [1.165, 1.54) is 0 Å². The third-order valence-corrected chi connectivity index (χ3v) is 3.79. The van der Waals surface area contributed by atoms with Gasteiger partial charge in [-0.2, -0.15) is 0 Å². The molecule has 0 aliphatic carbocycles. The van der Waals surface area contributed by atoms with Crippen molar-refractivity contribution in [2.45, 2.75) is 26.8 Å². The van der Waals surface area contributed by atoms with Gasteiger partial charge >= 0.3 is 6.03 Å². The van der Waals surface area contributed by atoms with E-state index in [1.807, 2.05) is 51.1 Å². The second-order valence-electron chi connectivity index (χ2n) is 5.61. The number of amides is 3. The summed E-state index contributed by atoms with van der Waals surface area (Å²) >= 11 is 0. The van der Waals surface area contributed by atoms with Gasteiger partial charge in [0.2, 0.25) is 0 Å². The van der Waals surface area contributed by atoms with Crippen molar-refractivity contribution in [1.29, 1.82) is 0 Å². The number of benzene rings is 2. The maximum absolute atomic E-state index is 12.3. The van der Waals surface area contributed by atoms with Crippen molar-refractivity contribution in [3.8, 4) is 0 Å². The number of aryl methyl sites for hydroxylation is 2. The molecule has 5 heteroatoms. The van der Waals surface area contributed by atoms with Gasteiger partial charge in [-0.15, -0.1) is 0 Å². The molecule has 2 rings (SSSR count). The van der Waals surface area contributed by atoms with Crippen LogP contribution in [0.2, 0.25) is 0 Å². The van der Waals surface area contributed by atoms with Crippen LogP contribution in [-0.2, 0) is 0 Å². The van der Waals surface area contributed by atoms with E-state index in [4.69, 9.17) is 5.73 Å². The average molecular weight is 311 g/mol. The van der Waals surface area contributed by atoms with Crippen molar-refractivity contribution >= 4 is 17.6 Å². The summed E-state index contributed by atoms with van der Waals surface area (Å²) in [5.41, 5.74) is 9.52. The average Bonchev–Trinajstić information content (AvgIpc) is 2.50. The number of carbonyl (C=O) groups is 2. The van der Waals surface area contributed by atoms with Gasteiger partial charge in [0.15, 0.2) is 0 Å². The van der Waals surface area contributed by atoms with Crippen LogP contribution in [-0.4, -0.2) is 11.9 Å². The fourth-order valence-corrected chi connectivity index (χ4v) is 2.24. The van der Waals surface area contributed by atoms with Crippen LogP contribution in [0.5, 0.6) is 0 Å². The lowest BCUT2D eigenvalue weighted by Crippen LogP contribution is -2.26. The van der Waals surface area contributed by atoms with E-state index < -0.39 is 6.03 Å². The van der Waals surface area contributed by atoms with Crippen molar-refractivity contribution in [3.05, 3.63) is 64.7 Å². The molecule has 0 saturated heterocycles. The highest BCUT2D eigenvalue weighted by Gasteiger charge is 2.12. The van der Waals surface area contributed by atoms with Gasteiger partial charge in [-0.25, -0.2) is 4.79 Å². The molecular formula is C18H21N3O2. The van der Waals surface area contributed by atoms with Crippen LogP contribution in [0.1, 0.15) is 40.0 Å². The lowest BCUT2D eigenvalue weighted by atomic mass is 10.0. The highest BCUT2D eigenvalue weighted by Crippen LogP contribution is 2.17. The first-order valence-electron chi connectivity index (χ1n) is 7.41. The van der Waals surface area contributed by atoms with E-state index >= 15 is 0 Å². The van der Waals surface area contributed by atoms with Gasteiger partial charge in [0.1, 0.15) is 0 Å². The van der Waals surface area contributed by atoms with Crippen LogP contribution in [0, 0.1) is 13.8 Å². The monoisotopic (exact) mass is 311 g/mol. The maximum atomic E-state index is 12.3. The molecule has 1 unspecified atom stereocenters. The Labute approximate surface area is 135 Å². The number of nitrogens with one attached hydrogen (secondary N) is 2. The van der Waals surface area contributed by atoms with E-state index in [2.05, 4.69) is 10.6 Å². The van der Waals surface area contributed by atoms with Crippen molar-refractivity contribution in [3.63, 3.8) is 0 Å². The molecule has 0 bridgehead atoms. The van der Waals surface area contributed by atoms with Gasteiger partial charge in [0.25, 0.3) is 5.91 Å². The van der Waals surface area contributed by atoms with Gasteiger partial charge in [0.05, 0.1) is 6.04 Å².